The Balaban J connectivity index is 0.00000162. The fourth-order valence-corrected chi connectivity index (χ4v) is 2.14. The predicted molar refractivity (Wildman–Crippen MR) is 73.2 cm³/mol. The van der Waals surface area contributed by atoms with E-state index in [1.807, 2.05) is 6.92 Å². The van der Waals surface area contributed by atoms with E-state index in [1.54, 1.807) is 12.1 Å². The van der Waals surface area contributed by atoms with E-state index >= 15 is 0 Å². The number of rotatable bonds is 3. The molecule has 1 aliphatic rings. The number of piperidine rings is 1. The molecule has 5 heteroatoms. The lowest BCUT2D eigenvalue weighted by molar-refractivity contribution is 0.0893. The maximum Gasteiger partial charge on any atom is 0.287 e. The van der Waals surface area contributed by atoms with Crippen molar-refractivity contribution in [1.29, 1.82) is 0 Å². The SMILES string of the molecule is Cc1ccc(C(=O)NCC2(C)CCNCC2)o1.Cl. The number of carbonyl (C=O) groups excluding carboxylic acids is 1. The third-order valence-corrected chi connectivity index (χ3v) is 3.45. The molecule has 2 rings (SSSR count). The number of hydrogen-bond donors (Lipinski definition) is 2. The number of hydrogen-bond acceptors (Lipinski definition) is 3. The van der Waals surface area contributed by atoms with Crippen molar-refractivity contribution in [2.75, 3.05) is 19.6 Å². The first kappa shape index (κ1) is 15.1. The third kappa shape index (κ3) is 3.75. The van der Waals surface area contributed by atoms with E-state index in [4.69, 9.17) is 4.42 Å². The van der Waals surface area contributed by atoms with Crippen molar-refractivity contribution in [3.8, 4) is 0 Å². The summed E-state index contributed by atoms with van der Waals surface area (Å²) in [6, 6.07) is 3.52. The van der Waals surface area contributed by atoms with Crippen LogP contribution in [0.3, 0.4) is 0 Å². The molecule has 0 aromatic carbocycles. The fourth-order valence-electron chi connectivity index (χ4n) is 2.14. The van der Waals surface area contributed by atoms with Gasteiger partial charge in [0.05, 0.1) is 0 Å². The predicted octanol–water partition coefficient (Wildman–Crippen LogP) is 2.13. The minimum absolute atomic E-state index is 0. The molecule has 102 valence electrons. The van der Waals surface area contributed by atoms with Gasteiger partial charge in [0.2, 0.25) is 0 Å². The van der Waals surface area contributed by atoms with Crippen LogP contribution in [0.25, 0.3) is 0 Å². The molecule has 0 aliphatic carbocycles. The van der Waals surface area contributed by atoms with Gasteiger partial charge in [0, 0.05) is 6.54 Å². The molecule has 1 aromatic heterocycles. The fraction of sp³-hybridized carbons (Fsp3) is 0.615. The van der Waals surface area contributed by atoms with E-state index in [0.717, 1.165) is 31.7 Å². The van der Waals surface area contributed by atoms with E-state index < -0.39 is 0 Å². The van der Waals surface area contributed by atoms with Gasteiger partial charge in [-0.15, -0.1) is 12.4 Å². The van der Waals surface area contributed by atoms with Crippen molar-refractivity contribution in [3.63, 3.8) is 0 Å². The zero-order valence-corrected chi connectivity index (χ0v) is 11.7. The normalized spacial score (nSPS) is 17.9. The molecule has 0 atom stereocenters. The Bertz CT molecular complexity index is 397. The van der Waals surface area contributed by atoms with E-state index in [1.165, 1.54) is 0 Å². The first-order valence-corrected chi connectivity index (χ1v) is 6.14. The molecule has 0 spiro atoms. The molecule has 18 heavy (non-hydrogen) atoms. The second-order valence-corrected chi connectivity index (χ2v) is 5.15. The molecule has 2 N–H and O–H groups in total. The maximum absolute atomic E-state index is 11.8. The van der Waals surface area contributed by atoms with Crippen LogP contribution in [0.5, 0.6) is 0 Å². The summed E-state index contributed by atoms with van der Waals surface area (Å²) in [6.45, 7) is 6.85. The van der Waals surface area contributed by atoms with Gasteiger partial charge in [0.1, 0.15) is 5.76 Å². The molecular formula is C13H21ClN2O2. The summed E-state index contributed by atoms with van der Waals surface area (Å²) < 4.78 is 5.29. The summed E-state index contributed by atoms with van der Waals surface area (Å²) in [5, 5.41) is 6.29. The molecule has 0 saturated carbocycles. The Morgan fingerprint density at radius 2 is 2.11 bits per heavy atom. The Labute approximate surface area is 114 Å². The maximum atomic E-state index is 11.8. The highest BCUT2D eigenvalue weighted by atomic mass is 35.5. The highest BCUT2D eigenvalue weighted by Crippen LogP contribution is 2.26. The average Bonchev–Trinajstić information content (AvgIpc) is 2.74. The lowest BCUT2D eigenvalue weighted by Crippen LogP contribution is -2.42. The van der Waals surface area contributed by atoms with Crippen LogP contribution in [0, 0.1) is 12.3 Å². The molecule has 1 fully saturated rings. The smallest absolute Gasteiger partial charge is 0.287 e. The van der Waals surface area contributed by atoms with Crippen molar-refractivity contribution < 1.29 is 9.21 Å². The number of halogens is 1. The molecule has 1 amide bonds. The van der Waals surface area contributed by atoms with Gasteiger partial charge in [0.15, 0.2) is 5.76 Å². The van der Waals surface area contributed by atoms with Crippen LogP contribution in [0.1, 0.15) is 36.1 Å². The van der Waals surface area contributed by atoms with Gasteiger partial charge in [-0.3, -0.25) is 4.79 Å². The zero-order chi connectivity index (χ0) is 12.3. The minimum atomic E-state index is -0.113. The summed E-state index contributed by atoms with van der Waals surface area (Å²) in [5.74, 6) is 1.06. The highest BCUT2D eigenvalue weighted by molar-refractivity contribution is 5.91. The Hall–Kier alpha value is -1.00. The standard InChI is InChI=1S/C13H20N2O2.ClH/c1-10-3-4-11(17-10)12(16)15-9-13(2)5-7-14-8-6-13;/h3-4,14H,5-9H2,1-2H3,(H,15,16);1H. The van der Waals surface area contributed by atoms with Gasteiger partial charge >= 0.3 is 0 Å². The van der Waals surface area contributed by atoms with Gasteiger partial charge in [-0.1, -0.05) is 6.92 Å². The number of amides is 1. The van der Waals surface area contributed by atoms with Gasteiger partial charge < -0.3 is 15.1 Å². The van der Waals surface area contributed by atoms with Gasteiger partial charge in [0.25, 0.3) is 5.91 Å². The van der Waals surface area contributed by atoms with E-state index in [9.17, 15) is 4.79 Å². The van der Waals surface area contributed by atoms with E-state index in [0.29, 0.717) is 12.3 Å². The van der Waals surface area contributed by atoms with Crippen molar-refractivity contribution in [1.82, 2.24) is 10.6 Å². The summed E-state index contributed by atoms with van der Waals surface area (Å²) >= 11 is 0. The molecule has 2 heterocycles. The average molecular weight is 273 g/mol. The third-order valence-electron chi connectivity index (χ3n) is 3.45. The molecule has 0 radical (unpaired) electrons. The quantitative estimate of drug-likeness (QED) is 0.886. The monoisotopic (exact) mass is 272 g/mol. The van der Waals surface area contributed by atoms with Gasteiger partial charge in [-0.05, 0) is 50.4 Å². The summed E-state index contributed by atoms with van der Waals surface area (Å²) in [7, 11) is 0. The number of carbonyl (C=O) groups is 1. The van der Waals surface area contributed by atoms with Crippen molar-refractivity contribution in [3.05, 3.63) is 23.7 Å². The molecular weight excluding hydrogens is 252 g/mol. The minimum Gasteiger partial charge on any atom is -0.456 e. The Morgan fingerprint density at radius 1 is 1.44 bits per heavy atom. The van der Waals surface area contributed by atoms with Crippen molar-refractivity contribution >= 4 is 18.3 Å². The number of furan rings is 1. The van der Waals surface area contributed by atoms with Crippen LogP contribution in [0.15, 0.2) is 16.5 Å². The molecule has 1 aliphatic heterocycles. The molecule has 0 bridgehead atoms. The largest absolute Gasteiger partial charge is 0.456 e. The second kappa shape index (κ2) is 6.25. The van der Waals surface area contributed by atoms with Crippen LogP contribution in [-0.4, -0.2) is 25.5 Å². The van der Waals surface area contributed by atoms with Crippen LogP contribution in [0.2, 0.25) is 0 Å². The topological polar surface area (TPSA) is 54.3 Å². The summed E-state index contributed by atoms with van der Waals surface area (Å²) in [5.41, 5.74) is 0.211. The lowest BCUT2D eigenvalue weighted by Gasteiger charge is -2.33. The first-order chi connectivity index (χ1) is 8.09. The summed E-state index contributed by atoms with van der Waals surface area (Å²) in [6.07, 6.45) is 2.20. The summed E-state index contributed by atoms with van der Waals surface area (Å²) in [4.78, 5) is 11.8. The number of aryl methyl sites for hydroxylation is 1. The zero-order valence-electron chi connectivity index (χ0n) is 10.9. The second-order valence-electron chi connectivity index (χ2n) is 5.15. The van der Waals surface area contributed by atoms with Crippen LogP contribution >= 0.6 is 12.4 Å². The molecule has 4 nitrogen and oxygen atoms in total. The lowest BCUT2D eigenvalue weighted by atomic mass is 9.81. The van der Waals surface area contributed by atoms with Gasteiger partial charge in [-0.25, -0.2) is 0 Å². The van der Waals surface area contributed by atoms with E-state index in [-0.39, 0.29) is 23.7 Å². The van der Waals surface area contributed by atoms with Crippen molar-refractivity contribution in [2.45, 2.75) is 26.7 Å². The first-order valence-electron chi connectivity index (χ1n) is 6.14. The molecule has 0 unspecified atom stereocenters. The van der Waals surface area contributed by atoms with Crippen LogP contribution < -0.4 is 10.6 Å². The Kier molecular flexibility index (Phi) is 5.23. The highest BCUT2D eigenvalue weighted by Gasteiger charge is 2.27. The van der Waals surface area contributed by atoms with Gasteiger partial charge in [-0.2, -0.15) is 0 Å². The molecule has 1 saturated heterocycles. The van der Waals surface area contributed by atoms with Crippen LogP contribution in [0.4, 0.5) is 0 Å². The van der Waals surface area contributed by atoms with Crippen LogP contribution in [-0.2, 0) is 0 Å². The Morgan fingerprint density at radius 3 is 2.67 bits per heavy atom. The van der Waals surface area contributed by atoms with E-state index in [2.05, 4.69) is 17.6 Å². The van der Waals surface area contributed by atoms with Crippen molar-refractivity contribution in [2.24, 2.45) is 5.41 Å². The molecule has 1 aromatic rings. The number of nitrogens with one attached hydrogen (secondary N) is 2.